The SMILES string of the molecule is CC1(C)O[C@@H]2CC3C4CC(F)C5=CC(=O)C=CC5(C)[C@@]4(F)C(O)CC3(C)[C@]2(C(=O)C(=O)OCCl)O1. The lowest BCUT2D eigenvalue weighted by Crippen LogP contribution is -2.71. The fourth-order valence-electron chi connectivity index (χ4n) is 7.97. The maximum atomic E-state index is 17.3. The van der Waals surface area contributed by atoms with Crippen molar-refractivity contribution in [3.63, 3.8) is 0 Å². The first-order chi connectivity index (χ1) is 16.2. The van der Waals surface area contributed by atoms with Gasteiger partial charge in [-0.2, -0.15) is 0 Å². The summed E-state index contributed by atoms with van der Waals surface area (Å²) in [5, 5.41) is 11.4. The fraction of sp³-hybridized carbons (Fsp3) is 0.720. The third-order valence-electron chi connectivity index (χ3n) is 9.33. The Morgan fingerprint density at radius 2 is 1.91 bits per heavy atom. The minimum atomic E-state index is -2.32. The Morgan fingerprint density at radius 3 is 2.57 bits per heavy atom. The van der Waals surface area contributed by atoms with Crippen molar-refractivity contribution in [3.8, 4) is 0 Å². The van der Waals surface area contributed by atoms with E-state index >= 15 is 8.78 Å². The van der Waals surface area contributed by atoms with Crippen LogP contribution >= 0.6 is 11.6 Å². The van der Waals surface area contributed by atoms with Gasteiger partial charge >= 0.3 is 5.97 Å². The summed E-state index contributed by atoms with van der Waals surface area (Å²) in [6.45, 7) is 6.37. The molecule has 6 unspecified atom stereocenters. The summed E-state index contributed by atoms with van der Waals surface area (Å²) in [7, 11) is 0. The topological polar surface area (TPSA) is 99.1 Å². The summed E-state index contributed by atoms with van der Waals surface area (Å²) in [5.74, 6) is -5.61. The van der Waals surface area contributed by atoms with Gasteiger partial charge in [-0.05, 0) is 63.7 Å². The highest BCUT2D eigenvalue weighted by molar-refractivity contribution is 6.38. The second kappa shape index (κ2) is 7.43. The van der Waals surface area contributed by atoms with Gasteiger partial charge in [0.25, 0.3) is 5.78 Å². The van der Waals surface area contributed by atoms with E-state index in [4.69, 9.17) is 25.8 Å². The molecule has 0 spiro atoms. The van der Waals surface area contributed by atoms with Gasteiger partial charge < -0.3 is 19.3 Å². The quantitative estimate of drug-likeness (QED) is 0.351. The first kappa shape index (κ1) is 25.0. The molecular formula is C25H29ClF2O7. The van der Waals surface area contributed by atoms with Crippen molar-refractivity contribution in [1.29, 1.82) is 0 Å². The highest BCUT2D eigenvalue weighted by Crippen LogP contribution is 2.72. The van der Waals surface area contributed by atoms with E-state index in [0.717, 1.165) is 6.08 Å². The summed E-state index contributed by atoms with van der Waals surface area (Å²) in [6, 6.07) is -0.545. The van der Waals surface area contributed by atoms with Gasteiger partial charge in [0.05, 0.1) is 12.2 Å². The molecule has 5 aliphatic rings. The molecule has 5 rings (SSSR count). The van der Waals surface area contributed by atoms with Crippen molar-refractivity contribution in [2.24, 2.45) is 22.7 Å². The normalized spacial score (nSPS) is 49.4. The lowest BCUT2D eigenvalue weighted by molar-refractivity contribution is -0.248. The van der Waals surface area contributed by atoms with Crippen molar-refractivity contribution in [3.05, 3.63) is 23.8 Å². The molecule has 0 radical (unpaired) electrons. The molecule has 3 saturated carbocycles. The molecule has 0 amide bonds. The van der Waals surface area contributed by atoms with Crippen LogP contribution in [0.25, 0.3) is 0 Å². The predicted octanol–water partition coefficient (Wildman–Crippen LogP) is 3.11. The second-order valence-electron chi connectivity index (χ2n) is 11.3. The second-order valence-corrected chi connectivity index (χ2v) is 11.5. The van der Waals surface area contributed by atoms with Gasteiger partial charge in [0.1, 0.15) is 6.17 Å². The zero-order chi connectivity index (χ0) is 25.8. The van der Waals surface area contributed by atoms with Gasteiger partial charge in [0.15, 0.2) is 28.9 Å². The van der Waals surface area contributed by atoms with Crippen molar-refractivity contribution in [1.82, 2.24) is 0 Å². The largest absolute Gasteiger partial charge is 0.444 e. The van der Waals surface area contributed by atoms with Crippen molar-refractivity contribution >= 4 is 29.1 Å². The van der Waals surface area contributed by atoms with E-state index in [1.807, 2.05) is 0 Å². The van der Waals surface area contributed by atoms with Crippen LogP contribution in [0.3, 0.4) is 0 Å². The number of fused-ring (bicyclic) bond motifs is 7. The lowest BCUT2D eigenvalue weighted by atomic mass is 9.44. The Labute approximate surface area is 206 Å². The number of halogens is 3. The summed E-state index contributed by atoms with van der Waals surface area (Å²) < 4.78 is 49.8. The number of carbonyl (C=O) groups is 3. The van der Waals surface area contributed by atoms with E-state index in [9.17, 15) is 19.5 Å². The molecule has 0 aromatic rings. The van der Waals surface area contributed by atoms with Crippen LogP contribution in [0.5, 0.6) is 0 Å². The Kier molecular flexibility index (Phi) is 5.31. The van der Waals surface area contributed by atoms with E-state index in [-0.39, 0.29) is 24.8 Å². The summed E-state index contributed by atoms with van der Waals surface area (Å²) >= 11 is 5.52. The number of aliphatic hydroxyl groups excluding tert-OH is 1. The van der Waals surface area contributed by atoms with Crippen LogP contribution in [0.2, 0.25) is 0 Å². The van der Waals surface area contributed by atoms with E-state index in [0.29, 0.717) is 0 Å². The van der Waals surface area contributed by atoms with Crippen molar-refractivity contribution in [2.45, 2.75) is 82.4 Å². The number of ether oxygens (including phenoxy) is 3. The molecule has 7 nitrogen and oxygen atoms in total. The third kappa shape index (κ3) is 2.89. The van der Waals surface area contributed by atoms with Gasteiger partial charge in [-0.15, -0.1) is 0 Å². The number of alkyl halides is 3. The maximum Gasteiger partial charge on any atom is 0.379 e. The molecule has 1 saturated heterocycles. The third-order valence-corrected chi connectivity index (χ3v) is 9.44. The van der Waals surface area contributed by atoms with Crippen LogP contribution < -0.4 is 0 Å². The number of rotatable bonds is 3. The van der Waals surface area contributed by atoms with Crippen LogP contribution in [0.15, 0.2) is 23.8 Å². The number of aliphatic hydroxyl groups is 1. The van der Waals surface area contributed by atoms with Gasteiger partial charge in [0.2, 0.25) is 0 Å². The van der Waals surface area contributed by atoms with Crippen LogP contribution in [-0.2, 0) is 28.6 Å². The van der Waals surface area contributed by atoms with Crippen LogP contribution in [0.4, 0.5) is 8.78 Å². The number of hydrogen-bond acceptors (Lipinski definition) is 7. The Balaban J connectivity index is 1.65. The van der Waals surface area contributed by atoms with E-state index in [1.54, 1.807) is 20.8 Å². The van der Waals surface area contributed by atoms with Gasteiger partial charge in [0, 0.05) is 16.7 Å². The summed E-state index contributed by atoms with van der Waals surface area (Å²) in [5.41, 5.74) is -7.02. The molecule has 4 fully saturated rings. The molecule has 1 heterocycles. The number of esters is 1. The number of Topliss-reactive ketones (excluding diaryl/α,β-unsaturated/α-hetero) is 1. The molecule has 1 N–H and O–H groups in total. The first-order valence-electron chi connectivity index (χ1n) is 11.8. The Morgan fingerprint density at radius 1 is 1.23 bits per heavy atom. The smallest absolute Gasteiger partial charge is 0.379 e. The fourth-order valence-corrected chi connectivity index (χ4v) is 8.06. The number of ketones is 2. The predicted molar refractivity (Wildman–Crippen MR) is 119 cm³/mol. The van der Waals surface area contributed by atoms with Crippen molar-refractivity contribution in [2.75, 3.05) is 6.07 Å². The molecule has 0 aromatic carbocycles. The first-order valence-corrected chi connectivity index (χ1v) is 12.3. The summed E-state index contributed by atoms with van der Waals surface area (Å²) in [6.07, 6.45) is -0.960. The minimum Gasteiger partial charge on any atom is -0.444 e. The lowest BCUT2D eigenvalue weighted by Gasteiger charge is -2.63. The van der Waals surface area contributed by atoms with Crippen LogP contribution in [0.1, 0.15) is 47.0 Å². The molecule has 10 heteroatoms. The number of allylic oxidation sites excluding steroid dienone is 4. The number of carbonyl (C=O) groups excluding carboxylic acids is 3. The Hall–Kier alpha value is -1.68. The van der Waals surface area contributed by atoms with Gasteiger partial charge in [-0.3, -0.25) is 9.59 Å². The highest BCUT2D eigenvalue weighted by atomic mass is 35.5. The number of hydrogen-bond donors (Lipinski definition) is 1. The Bertz CT molecular complexity index is 1070. The maximum absolute atomic E-state index is 17.3. The van der Waals surface area contributed by atoms with Crippen LogP contribution in [0, 0.1) is 22.7 Å². The zero-order valence-electron chi connectivity index (χ0n) is 20.0. The van der Waals surface area contributed by atoms with E-state index < -0.39 is 81.7 Å². The molecule has 9 atom stereocenters. The molecule has 192 valence electrons. The van der Waals surface area contributed by atoms with E-state index in [2.05, 4.69) is 0 Å². The average molecular weight is 515 g/mol. The molecule has 0 bridgehead atoms. The molecular weight excluding hydrogens is 486 g/mol. The standard InChI is InChI=1S/C25H29ClF2O7/c1-21(2)34-18-9-13-14-8-16(27)15-7-12(29)5-6-22(15,3)24(14,28)17(30)10-23(13,4)25(18,35-21)19(31)20(32)33-11-26/h5-7,13-14,16-18,30H,8-11H2,1-4H3/t13?,14?,16?,17?,18-,22?,23?,24+,25+/m1/s1. The molecule has 4 aliphatic carbocycles. The van der Waals surface area contributed by atoms with E-state index in [1.165, 1.54) is 19.1 Å². The van der Waals surface area contributed by atoms with Gasteiger partial charge in [-0.1, -0.05) is 24.6 Å². The van der Waals surface area contributed by atoms with Crippen molar-refractivity contribution < 1.29 is 42.5 Å². The summed E-state index contributed by atoms with van der Waals surface area (Å²) in [4.78, 5) is 38.2. The highest BCUT2D eigenvalue weighted by Gasteiger charge is 2.81. The van der Waals surface area contributed by atoms with Crippen LogP contribution in [-0.4, -0.2) is 64.1 Å². The van der Waals surface area contributed by atoms with Gasteiger partial charge in [-0.25, -0.2) is 13.6 Å². The minimum absolute atomic E-state index is 0.00899. The molecule has 1 aliphatic heterocycles. The molecule has 0 aromatic heterocycles. The monoisotopic (exact) mass is 514 g/mol. The average Bonchev–Trinajstić information content (AvgIpc) is 3.17. The molecule has 35 heavy (non-hydrogen) atoms. The zero-order valence-corrected chi connectivity index (χ0v) is 20.7.